The fourth-order valence-electron chi connectivity index (χ4n) is 2.32. The van der Waals surface area contributed by atoms with Crippen molar-refractivity contribution in [2.75, 3.05) is 26.0 Å². The van der Waals surface area contributed by atoms with E-state index in [9.17, 15) is 4.79 Å². The van der Waals surface area contributed by atoms with Gasteiger partial charge in [-0.1, -0.05) is 12.1 Å². The van der Waals surface area contributed by atoms with Crippen LogP contribution in [0.1, 0.15) is 18.4 Å². The van der Waals surface area contributed by atoms with E-state index >= 15 is 0 Å². The Bertz CT molecular complexity index is 462. The summed E-state index contributed by atoms with van der Waals surface area (Å²) in [6, 6.07) is 8.16. The van der Waals surface area contributed by atoms with Gasteiger partial charge in [-0.05, 0) is 48.8 Å². The zero-order valence-corrected chi connectivity index (χ0v) is 12.6. The van der Waals surface area contributed by atoms with Crippen molar-refractivity contribution in [3.05, 3.63) is 35.9 Å². The number of aliphatic hydroxyl groups is 1. The molecule has 0 atom stereocenters. The standard InChI is InChI=1S/C16H21NO2S/c1-20-15-5-2-13(3-6-15)4-7-16(19)17-10-8-14(12-18)9-11-17/h2-7,14,18H,8-12H2,1H3/b7-4+. The van der Waals surface area contributed by atoms with Crippen molar-refractivity contribution in [3.8, 4) is 0 Å². The highest BCUT2D eigenvalue weighted by molar-refractivity contribution is 7.98. The Balaban J connectivity index is 1.88. The van der Waals surface area contributed by atoms with E-state index in [0.717, 1.165) is 31.5 Å². The second kappa shape index (κ2) is 7.50. The molecule has 4 heteroatoms. The molecule has 1 saturated heterocycles. The predicted molar refractivity (Wildman–Crippen MR) is 83.6 cm³/mol. The van der Waals surface area contributed by atoms with Crippen molar-refractivity contribution in [2.45, 2.75) is 17.7 Å². The molecule has 1 aromatic rings. The Hall–Kier alpha value is -1.26. The van der Waals surface area contributed by atoms with Crippen LogP contribution < -0.4 is 0 Å². The van der Waals surface area contributed by atoms with Gasteiger partial charge in [0.15, 0.2) is 0 Å². The van der Waals surface area contributed by atoms with Gasteiger partial charge in [0.1, 0.15) is 0 Å². The number of benzene rings is 1. The monoisotopic (exact) mass is 291 g/mol. The van der Waals surface area contributed by atoms with Crippen molar-refractivity contribution < 1.29 is 9.90 Å². The van der Waals surface area contributed by atoms with Gasteiger partial charge in [0.25, 0.3) is 0 Å². The summed E-state index contributed by atoms with van der Waals surface area (Å²) >= 11 is 1.71. The molecule has 0 radical (unpaired) electrons. The molecule has 20 heavy (non-hydrogen) atoms. The van der Waals surface area contributed by atoms with Crippen LogP contribution in [0.5, 0.6) is 0 Å². The predicted octanol–water partition coefficient (Wildman–Crippen LogP) is 2.65. The number of carbonyl (C=O) groups is 1. The third-order valence-electron chi connectivity index (χ3n) is 3.72. The van der Waals surface area contributed by atoms with E-state index in [1.807, 2.05) is 29.4 Å². The Morgan fingerprint density at radius 3 is 2.55 bits per heavy atom. The van der Waals surface area contributed by atoms with Gasteiger partial charge >= 0.3 is 0 Å². The van der Waals surface area contributed by atoms with Gasteiger partial charge in [-0.2, -0.15) is 0 Å². The number of rotatable bonds is 4. The number of amides is 1. The number of piperidine rings is 1. The summed E-state index contributed by atoms with van der Waals surface area (Å²) in [5.41, 5.74) is 1.04. The zero-order chi connectivity index (χ0) is 14.4. The molecule has 0 unspecified atom stereocenters. The first-order valence-corrected chi connectivity index (χ1v) is 8.17. The van der Waals surface area contributed by atoms with Crippen LogP contribution in [-0.4, -0.2) is 41.9 Å². The smallest absolute Gasteiger partial charge is 0.246 e. The van der Waals surface area contributed by atoms with Gasteiger partial charge in [0.2, 0.25) is 5.91 Å². The first-order chi connectivity index (χ1) is 9.72. The van der Waals surface area contributed by atoms with Gasteiger partial charge < -0.3 is 10.0 Å². The average molecular weight is 291 g/mol. The lowest BCUT2D eigenvalue weighted by Gasteiger charge is -2.30. The maximum Gasteiger partial charge on any atom is 0.246 e. The van der Waals surface area contributed by atoms with E-state index in [-0.39, 0.29) is 12.5 Å². The number of hydrogen-bond acceptors (Lipinski definition) is 3. The lowest BCUT2D eigenvalue weighted by molar-refractivity contribution is -0.127. The molecule has 1 aromatic carbocycles. The minimum Gasteiger partial charge on any atom is -0.396 e. The molecular weight excluding hydrogens is 270 g/mol. The largest absolute Gasteiger partial charge is 0.396 e. The highest BCUT2D eigenvalue weighted by atomic mass is 32.2. The van der Waals surface area contributed by atoms with E-state index in [0.29, 0.717) is 5.92 Å². The zero-order valence-electron chi connectivity index (χ0n) is 11.8. The summed E-state index contributed by atoms with van der Waals surface area (Å²) in [4.78, 5) is 15.1. The van der Waals surface area contributed by atoms with E-state index in [1.165, 1.54) is 4.90 Å². The lowest BCUT2D eigenvalue weighted by atomic mass is 9.98. The van der Waals surface area contributed by atoms with E-state index in [4.69, 9.17) is 5.11 Å². The third-order valence-corrected chi connectivity index (χ3v) is 4.46. The van der Waals surface area contributed by atoms with Gasteiger partial charge in [-0.3, -0.25) is 4.79 Å². The van der Waals surface area contributed by atoms with E-state index in [1.54, 1.807) is 17.8 Å². The quantitative estimate of drug-likeness (QED) is 0.685. The minimum atomic E-state index is 0.0651. The molecule has 0 saturated carbocycles. The van der Waals surface area contributed by atoms with Crippen LogP contribution in [-0.2, 0) is 4.79 Å². The summed E-state index contributed by atoms with van der Waals surface area (Å²) < 4.78 is 0. The van der Waals surface area contributed by atoms with E-state index < -0.39 is 0 Å². The fourth-order valence-corrected chi connectivity index (χ4v) is 2.73. The molecule has 0 aliphatic carbocycles. The summed E-state index contributed by atoms with van der Waals surface area (Å²) in [7, 11) is 0. The van der Waals surface area contributed by atoms with Crippen LogP contribution in [0.25, 0.3) is 6.08 Å². The molecule has 0 bridgehead atoms. The first-order valence-electron chi connectivity index (χ1n) is 6.95. The van der Waals surface area contributed by atoms with Crippen molar-refractivity contribution in [3.63, 3.8) is 0 Å². The molecule has 108 valence electrons. The SMILES string of the molecule is CSc1ccc(/C=C/C(=O)N2CCC(CO)CC2)cc1. The number of thioether (sulfide) groups is 1. The summed E-state index contributed by atoms with van der Waals surface area (Å²) in [6.07, 6.45) is 7.36. The van der Waals surface area contributed by atoms with Crippen LogP contribution in [0.3, 0.4) is 0 Å². The Labute approximate surface area is 124 Å². The highest BCUT2D eigenvalue weighted by Crippen LogP contribution is 2.18. The topological polar surface area (TPSA) is 40.5 Å². The Kier molecular flexibility index (Phi) is 5.68. The fraction of sp³-hybridized carbons (Fsp3) is 0.438. The van der Waals surface area contributed by atoms with Crippen LogP contribution >= 0.6 is 11.8 Å². The van der Waals surface area contributed by atoms with Gasteiger partial charge in [0.05, 0.1) is 0 Å². The van der Waals surface area contributed by atoms with Crippen LogP contribution in [0, 0.1) is 5.92 Å². The van der Waals surface area contributed by atoms with E-state index in [2.05, 4.69) is 12.1 Å². The van der Waals surface area contributed by atoms with Gasteiger partial charge in [-0.25, -0.2) is 0 Å². The number of nitrogens with zero attached hydrogens (tertiary/aromatic N) is 1. The number of hydrogen-bond donors (Lipinski definition) is 1. The second-order valence-corrected chi connectivity index (χ2v) is 5.94. The molecule has 1 aliphatic rings. The van der Waals surface area contributed by atoms with Crippen molar-refractivity contribution in [1.29, 1.82) is 0 Å². The Morgan fingerprint density at radius 2 is 2.00 bits per heavy atom. The molecule has 1 amide bonds. The Morgan fingerprint density at radius 1 is 1.35 bits per heavy atom. The molecule has 0 aromatic heterocycles. The normalized spacial score (nSPS) is 16.8. The molecule has 3 nitrogen and oxygen atoms in total. The highest BCUT2D eigenvalue weighted by Gasteiger charge is 2.20. The maximum atomic E-state index is 12.1. The first kappa shape index (κ1) is 15.1. The van der Waals surface area contributed by atoms with Crippen molar-refractivity contribution in [1.82, 2.24) is 4.90 Å². The summed E-state index contributed by atoms with van der Waals surface area (Å²) in [5.74, 6) is 0.428. The van der Waals surface area contributed by atoms with Crippen LogP contribution in [0.2, 0.25) is 0 Å². The van der Waals surface area contributed by atoms with Crippen LogP contribution in [0.15, 0.2) is 35.2 Å². The van der Waals surface area contributed by atoms with Gasteiger partial charge in [0, 0.05) is 30.7 Å². The van der Waals surface area contributed by atoms with Crippen molar-refractivity contribution >= 4 is 23.7 Å². The molecule has 1 N–H and O–H groups in total. The maximum absolute atomic E-state index is 12.1. The third kappa shape index (κ3) is 4.12. The number of aliphatic hydroxyl groups excluding tert-OH is 1. The second-order valence-electron chi connectivity index (χ2n) is 5.06. The number of likely N-dealkylation sites (tertiary alicyclic amines) is 1. The molecule has 0 spiro atoms. The van der Waals surface area contributed by atoms with Gasteiger partial charge in [-0.15, -0.1) is 11.8 Å². The molecule has 1 aliphatic heterocycles. The van der Waals surface area contributed by atoms with Crippen LogP contribution in [0.4, 0.5) is 0 Å². The average Bonchev–Trinajstić information content (AvgIpc) is 2.53. The molecular formula is C16H21NO2S. The minimum absolute atomic E-state index is 0.0651. The number of carbonyl (C=O) groups excluding carboxylic acids is 1. The molecule has 1 heterocycles. The molecule has 1 fully saturated rings. The molecule has 2 rings (SSSR count). The summed E-state index contributed by atoms with van der Waals surface area (Å²) in [6.45, 7) is 1.74. The summed E-state index contributed by atoms with van der Waals surface area (Å²) in [5, 5.41) is 9.09. The lowest BCUT2D eigenvalue weighted by Crippen LogP contribution is -2.38. The van der Waals surface area contributed by atoms with Crippen molar-refractivity contribution in [2.24, 2.45) is 5.92 Å².